The maximum Gasteiger partial charge on any atom is 0.472 e. The molecular formula is C60H107NO8P+. The average molecular weight is 1000 g/mol. The number of esters is 2. The van der Waals surface area contributed by atoms with Crippen molar-refractivity contribution in [3.8, 4) is 0 Å². The Morgan fingerprint density at radius 2 is 0.814 bits per heavy atom. The third-order valence-corrected chi connectivity index (χ3v) is 12.9. The predicted octanol–water partition coefficient (Wildman–Crippen LogP) is 17.5. The van der Waals surface area contributed by atoms with Gasteiger partial charge in [0.1, 0.15) is 19.8 Å². The number of hydrogen-bond donors (Lipinski definition) is 1. The van der Waals surface area contributed by atoms with E-state index in [1.165, 1.54) is 109 Å². The zero-order chi connectivity index (χ0) is 51.3. The number of carbonyl (C=O) groups excluding carboxylic acids is 2. The number of unbranched alkanes of at least 4 members (excludes halogenated alkanes) is 23. The van der Waals surface area contributed by atoms with E-state index in [0.717, 1.165) is 89.9 Å². The average Bonchev–Trinajstić information content (AvgIpc) is 3.32. The van der Waals surface area contributed by atoms with Crippen LogP contribution in [0.15, 0.2) is 85.1 Å². The summed E-state index contributed by atoms with van der Waals surface area (Å²) in [6.45, 7) is 4.29. The summed E-state index contributed by atoms with van der Waals surface area (Å²) in [5.74, 6) is -0.821. The Morgan fingerprint density at radius 3 is 1.21 bits per heavy atom. The lowest BCUT2D eigenvalue weighted by atomic mass is 10.0. The Labute approximate surface area is 431 Å². The summed E-state index contributed by atoms with van der Waals surface area (Å²) in [7, 11) is 1.45. The lowest BCUT2D eigenvalue weighted by molar-refractivity contribution is -0.870. The van der Waals surface area contributed by atoms with Gasteiger partial charge in [-0.1, -0.05) is 214 Å². The molecule has 0 aromatic rings. The van der Waals surface area contributed by atoms with Crippen LogP contribution in [0.5, 0.6) is 0 Å². The third kappa shape index (κ3) is 54.5. The molecule has 0 rings (SSSR count). The lowest BCUT2D eigenvalue weighted by Gasteiger charge is -2.24. The van der Waals surface area contributed by atoms with Crippen LogP contribution in [-0.4, -0.2) is 74.9 Å². The second-order valence-corrected chi connectivity index (χ2v) is 21.4. The summed E-state index contributed by atoms with van der Waals surface area (Å²) in [4.78, 5) is 35.7. The number of phosphoric ester groups is 1. The topological polar surface area (TPSA) is 108 Å². The van der Waals surface area contributed by atoms with Crippen molar-refractivity contribution in [2.45, 2.75) is 238 Å². The standard InChI is InChI=1S/C60H106NO8P/c1-6-8-10-12-14-16-18-20-22-24-26-28-29-30-31-33-34-36-38-40-42-44-46-48-50-52-59(62)66-56-58(57-68-70(64,65)67-55-54-61(3,4)5)69-60(63)53-51-49-47-45-43-41-39-37-35-32-27-25-23-21-19-17-15-13-11-9-7-2/h9,11,15,17-18,20-21,23-24,26-27,32,37,39,58H,6-8,10,12-14,16,19,22,25,28-31,33-36,38,40-57H2,1-5H3/p+1/b11-9-,17-15-,20-18-,23-21-,26-24-,32-27-,39-37-. The van der Waals surface area contributed by atoms with Crippen LogP contribution in [0.4, 0.5) is 0 Å². The van der Waals surface area contributed by atoms with E-state index in [1.54, 1.807) is 0 Å². The maximum absolute atomic E-state index is 12.8. The SMILES string of the molecule is CC/C=C\C/C=C\C/C=C\C/C=C\C/C=C\CCCCCCCC(=O)OC(COC(=O)CCCCCCCCCCCCCCC/C=C\C/C=C\CCCCCCC)COP(=O)(O)OCC[N+](C)(C)C. The molecule has 70 heavy (non-hydrogen) atoms. The summed E-state index contributed by atoms with van der Waals surface area (Å²) in [6.07, 6.45) is 67.9. The Morgan fingerprint density at radius 1 is 0.457 bits per heavy atom. The monoisotopic (exact) mass is 1000 g/mol. The smallest absolute Gasteiger partial charge is 0.462 e. The van der Waals surface area contributed by atoms with E-state index in [4.69, 9.17) is 18.5 Å². The van der Waals surface area contributed by atoms with Crippen molar-refractivity contribution in [1.82, 2.24) is 0 Å². The van der Waals surface area contributed by atoms with Gasteiger partial charge in [0.25, 0.3) is 0 Å². The largest absolute Gasteiger partial charge is 0.472 e. The normalized spacial score (nSPS) is 14.0. The van der Waals surface area contributed by atoms with E-state index in [-0.39, 0.29) is 32.0 Å². The molecule has 1 N–H and O–H groups in total. The molecule has 0 saturated carbocycles. The van der Waals surface area contributed by atoms with Crippen molar-refractivity contribution in [3.63, 3.8) is 0 Å². The molecule has 9 nitrogen and oxygen atoms in total. The molecule has 0 spiro atoms. The van der Waals surface area contributed by atoms with Crippen molar-refractivity contribution in [3.05, 3.63) is 85.1 Å². The number of carbonyl (C=O) groups is 2. The quantitative estimate of drug-likeness (QED) is 0.0211. The first-order valence-corrected chi connectivity index (χ1v) is 29.8. The molecule has 0 aliphatic rings. The number of phosphoric acid groups is 1. The first kappa shape index (κ1) is 67.2. The molecule has 2 atom stereocenters. The van der Waals surface area contributed by atoms with Crippen LogP contribution in [-0.2, 0) is 32.7 Å². The molecule has 0 aliphatic heterocycles. The van der Waals surface area contributed by atoms with Crippen LogP contribution >= 0.6 is 7.82 Å². The fraction of sp³-hybridized carbons (Fsp3) is 0.733. The number of hydrogen-bond acceptors (Lipinski definition) is 7. The fourth-order valence-corrected chi connectivity index (χ4v) is 8.28. The van der Waals surface area contributed by atoms with Gasteiger partial charge >= 0.3 is 19.8 Å². The summed E-state index contributed by atoms with van der Waals surface area (Å²) < 4.78 is 34.5. The van der Waals surface area contributed by atoms with E-state index >= 15 is 0 Å². The fourth-order valence-electron chi connectivity index (χ4n) is 7.54. The molecule has 0 radical (unpaired) electrons. The second kappa shape index (κ2) is 51.1. The Bertz CT molecular complexity index is 1460. The van der Waals surface area contributed by atoms with Gasteiger partial charge < -0.3 is 18.9 Å². The Balaban J connectivity index is 4.22. The number of nitrogens with zero attached hydrogens (tertiary/aromatic N) is 1. The van der Waals surface area contributed by atoms with Crippen LogP contribution < -0.4 is 0 Å². The molecule has 10 heteroatoms. The van der Waals surface area contributed by atoms with Crippen molar-refractivity contribution in [2.75, 3.05) is 47.5 Å². The van der Waals surface area contributed by atoms with Gasteiger partial charge in [-0.05, 0) is 89.9 Å². The zero-order valence-electron chi connectivity index (χ0n) is 45.7. The molecule has 0 aliphatic carbocycles. The molecule has 0 amide bonds. The summed E-state index contributed by atoms with van der Waals surface area (Å²) in [6, 6.07) is 0. The van der Waals surface area contributed by atoms with E-state index in [2.05, 4.69) is 98.9 Å². The van der Waals surface area contributed by atoms with Crippen molar-refractivity contribution < 1.29 is 42.1 Å². The van der Waals surface area contributed by atoms with Gasteiger partial charge in [-0.25, -0.2) is 4.57 Å². The highest BCUT2D eigenvalue weighted by Gasteiger charge is 2.27. The highest BCUT2D eigenvalue weighted by molar-refractivity contribution is 7.47. The Kier molecular flexibility index (Phi) is 49.1. The molecule has 0 bridgehead atoms. The predicted molar refractivity (Wildman–Crippen MR) is 298 cm³/mol. The first-order valence-electron chi connectivity index (χ1n) is 28.3. The molecule has 0 fully saturated rings. The summed E-state index contributed by atoms with van der Waals surface area (Å²) in [5, 5.41) is 0. The van der Waals surface area contributed by atoms with Crippen LogP contribution in [0.1, 0.15) is 232 Å². The van der Waals surface area contributed by atoms with E-state index < -0.39 is 26.5 Å². The van der Waals surface area contributed by atoms with Crippen LogP contribution in [0.25, 0.3) is 0 Å². The van der Waals surface area contributed by atoms with Gasteiger partial charge in [0.05, 0.1) is 27.7 Å². The number of ether oxygens (including phenoxy) is 2. The molecular weight excluding hydrogens is 894 g/mol. The highest BCUT2D eigenvalue weighted by Crippen LogP contribution is 2.43. The summed E-state index contributed by atoms with van der Waals surface area (Å²) in [5.41, 5.74) is 0. The zero-order valence-corrected chi connectivity index (χ0v) is 46.6. The minimum Gasteiger partial charge on any atom is -0.462 e. The van der Waals surface area contributed by atoms with Crippen molar-refractivity contribution >= 4 is 19.8 Å². The summed E-state index contributed by atoms with van der Waals surface area (Å²) >= 11 is 0. The van der Waals surface area contributed by atoms with Gasteiger partial charge in [-0.3, -0.25) is 18.6 Å². The second-order valence-electron chi connectivity index (χ2n) is 19.9. The Hall–Kier alpha value is -2.81. The molecule has 0 heterocycles. The van der Waals surface area contributed by atoms with Crippen molar-refractivity contribution in [1.29, 1.82) is 0 Å². The van der Waals surface area contributed by atoms with Crippen LogP contribution in [0.3, 0.4) is 0 Å². The number of likely N-dealkylation sites (N-methyl/N-ethyl adjacent to an activating group) is 1. The minimum absolute atomic E-state index is 0.0237. The molecule has 404 valence electrons. The highest BCUT2D eigenvalue weighted by atomic mass is 31.2. The van der Waals surface area contributed by atoms with Gasteiger partial charge in [0.2, 0.25) is 0 Å². The number of rotatable bonds is 51. The van der Waals surface area contributed by atoms with Gasteiger partial charge in [0, 0.05) is 12.8 Å². The van der Waals surface area contributed by atoms with E-state index in [1.807, 2.05) is 21.1 Å². The number of quaternary nitrogens is 1. The third-order valence-electron chi connectivity index (χ3n) is 11.9. The maximum atomic E-state index is 12.8. The molecule has 0 saturated heterocycles. The van der Waals surface area contributed by atoms with Crippen molar-refractivity contribution in [2.24, 2.45) is 0 Å². The lowest BCUT2D eigenvalue weighted by Crippen LogP contribution is -2.37. The molecule has 0 aromatic carbocycles. The van der Waals surface area contributed by atoms with Gasteiger partial charge in [-0.15, -0.1) is 0 Å². The van der Waals surface area contributed by atoms with Crippen LogP contribution in [0.2, 0.25) is 0 Å². The van der Waals surface area contributed by atoms with Gasteiger partial charge in [-0.2, -0.15) is 0 Å². The minimum atomic E-state index is -4.40. The molecule has 2 unspecified atom stereocenters. The number of allylic oxidation sites excluding steroid dienone is 14. The van der Waals surface area contributed by atoms with E-state index in [9.17, 15) is 19.0 Å². The van der Waals surface area contributed by atoms with E-state index in [0.29, 0.717) is 17.4 Å². The van der Waals surface area contributed by atoms with Crippen LogP contribution in [0, 0.1) is 0 Å². The first-order chi connectivity index (χ1) is 34.0. The van der Waals surface area contributed by atoms with Gasteiger partial charge in [0.15, 0.2) is 6.10 Å². The molecule has 0 aromatic heterocycles.